The molecule has 0 aromatic heterocycles. The van der Waals surface area contributed by atoms with E-state index >= 15 is 0 Å². The molecule has 13 heavy (non-hydrogen) atoms. The Morgan fingerprint density at radius 2 is 2.23 bits per heavy atom. The number of hydrogen-bond donors (Lipinski definition) is 2. The molecule has 0 fully saturated rings. The number of phenols is 1. The summed E-state index contributed by atoms with van der Waals surface area (Å²) in [5, 5.41) is 19.6. The maximum absolute atomic E-state index is 10.4. The maximum atomic E-state index is 10.4. The van der Waals surface area contributed by atoms with Crippen LogP contribution in [-0.2, 0) is 0 Å². The zero-order valence-electron chi connectivity index (χ0n) is 6.85. The predicted molar refractivity (Wildman–Crippen MR) is 45.7 cm³/mol. The molecule has 6 nitrogen and oxygen atoms in total. The summed E-state index contributed by atoms with van der Waals surface area (Å²) in [6.45, 7) is 0. The Labute approximate surface area is 73.7 Å². The molecule has 0 saturated heterocycles. The van der Waals surface area contributed by atoms with E-state index in [1.165, 1.54) is 13.2 Å². The number of ether oxygens (including phenoxy) is 1. The van der Waals surface area contributed by atoms with Gasteiger partial charge in [0.2, 0.25) is 5.75 Å². The molecule has 0 saturated carbocycles. The molecule has 0 bridgehead atoms. The highest BCUT2D eigenvalue weighted by Gasteiger charge is 2.18. The largest absolute Gasteiger partial charge is 0.500 e. The van der Waals surface area contributed by atoms with Gasteiger partial charge in [-0.05, 0) is 0 Å². The maximum Gasteiger partial charge on any atom is 0.316 e. The van der Waals surface area contributed by atoms with Crippen molar-refractivity contribution in [3.05, 3.63) is 22.2 Å². The molecule has 0 heterocycles. The van der Waals surface area contributed by atoms with Crippen LogP contribution in [0.4, 0.5) is 11.4 Å². The third-order valence-electron chi connectivity index (χ3n) is 1.49. The number of methoxy groups -OCH3 is 1. The van der Waals surface area contributed by atoms with Crippen LogP contribution in [0.2, 0.25) is 0 Å². The molecule has 1 aromatic rings. The van der Waals surface area contributed by atoms with Gasteiger partial charge in [0, 0.05) is 17.8 Å². The Morgan fingerprint density at radius 1 is 1.62 bits per heavy atom. The van der Waals surface area contributed by atoms with Gasteiger partial charge < -0.3 is 15.6 Å². The van der Waals surface area contributed by atoms with Crippen molar-refractivity contribution in [2.45, 2.75) is 0 Å². The summed E-state index contributed by atoms with van der Waals surface area (Å²) in [4.78, 5) is 9.65. The monoisotopic (exact) mass is 184 g/mol. The second-order valence-corrected chi connectivity index (χ2v) is 2.35. The van der Waals surface area contributed by atoms with Gasteiger partial charge in [0.05, 0.1) is 12.0 Å². The fourth-order valence-electron chi connectivity index (χ4n) is 0.909. The van der Waals surface area contributed by atoms with Gasteiger partial charge in [-0.3, -0.25) is 10.1 Å². The van der Waals surface area contributed by atoms with E-state index in [2.05, 4.69) is 4.74 Å². The quantitative estimate of drug-likeness (QED) is 0.308. The lowest BCUT2D eigenvalue weighted by atomic mass is 10.2. The van der Waals surface area contributed by atoms with E-state index in [1.54, 1.807) is 0 Å². The number of anilines is 1. The first-order valence-corrected chi connectivity index (χ1v) is 3.37. The van der Waals surface area contributed by atoms with Crippen LogP contribution in [0.3, 0.4) is 0 Å². The molecule has 0 radical (unpaired) electrons. The highest BCUT2D eigenvalue weighted by Crippen LogP contribution is 2.37. The number of nitrogens with zero attached hydrogens (tertiary/aromatic N) is 1. The number of benzene rings is 1. The Morgan fingerprint density at radius 3 is 2.69 bits per heavy atom. The number of hydrogen-bond acceptors (Lipinski definition) is 5. The van der Waals surface area contributed by atoms with Gasteiger partial charge in [-0.15, -0.1) is 0 Å². The molecule has 6 heteroatoms. The van der Waals surface area contributed by atoms with E-state index in [0.717, 1.165) is 6.07 Å². The molecule has 1 rings (SSSR count). The highest BCUT2D eigenvalue weighted by atomic mass is 16.6. The molecule has 0 unspecified atom stereocenters. The topological polar surface area (TPSA) is 98.6 Å². The van der Waals surface area contributed by atoms with Gasteiger partial charge in [-0.1, -0.05) is 0 Å². The van der Waals surface area contributed by atoms with E-state index in [0.29, 0.717) is 0 Å². The molecule has 70 valence electrons. The number of rotatable bonds is 2. The average Bonchev–Trinajstić information content (AvgIpc) is 2.08. The van der Waals surface area contributed by atoms with Crippen LogP contribution in [0.5, 0.6) is 11.5 Å². The van der Waals surface area contributed by atoms with Gasteiger partial charge >= 0.3 is 5.69 Å². The van der Waals surface area contributed by atoms with Crippen molar-refractivity contribution >= 4 is 11.4 Å². The molecular weight excluding hydrogens is 176 g/mol. The minimum atomic E-state index is -0.728. The summed E-state index contributed by atoms with van der Waals surface area (Å²) >= 11 is 0. The van der Waals surface area contributed by atoms with E-state index < -0.39 is 16.4 Å². The van der Waals surface area contributed by atoms with Crippen molar-refractivity contribution in [3.8, 4) is 11.5 Å². The van der Waals surface area contributed by atoms with Crippen molar-refractivity contribution in [2.75, 3.05) is 12.8 Å². The van der Waals surface area contributed by atoms with Crippen LogP contribution >= 0.6 is 0 Å². The van der Waals surface area contributed by atoms with E-state index in [1.807, 2.05) is 0 Å². The Bertz CT molecular complexity index is 351. The zero-order chi connectivity index (χ0) is 10.0. The van der Waals surface area contributed by atoms with Crippen molar-refractivity contribution in [2.24, 2.45) is 0 Å². The lowest BCUT2D eigenvalue weighted by Gasteiger charge is -2.04. The third-order valence-corrected chi connectivity index (χ3v) is 1.49. The fraction of sp³-hybridized carbons (Fsp3) is 0.143. The number of phenolic OH excluding ortho intramolecular Hbond substituents is 1. The predicted octanol–water partition coefficient (Wildman–Crippen LogP) is 0.891. The molecule has 3 N–H and O–H groups in total. The van der Waals surface area contributed by atoms with Gasteiger partial charge in [0.25, 0.3) is 0 Å². The third kappa shape index (κ3) is 1.61. The summed E-state index contributed by atoms with van der Waals surface area (Å²) < 4.78 is 4.68. The Balaban J connectivity index is 3.35. The molecule has 0 amide bonds. The van der Waals surface area contributed by atoms with E-state index in [-0.39, 0.29) is 11.4 Å². The second-order valence-electron chi connectivity index (χ2n) is 2.35. The average molecular weight is 184 g/mol. The standard InChI is InChI=1S/C7H8N2O4/c1-13-6-3-4(8)2-5(7(6)10)9(11)12/h2-3,10H,8H2,1H3. The number of nitro benzene ring substituents is 1. The molecular formula is C7H8N2O4. The first-order valence-electron chi connectivity index (χ1n) is 3.37. The van der Waals surface area contributed by atoms with Crippen LogP contribution in [0.1, 0.15) is 0 Å². The minimum absolute atomic E-state index is 0.00769. The molecule has 0 aliphatic rings. The number of aromatic hydroxyl groups is 1. The summed E-state index contributed by atoms with van der Waals surface area (Å²) in [6, 6.07) is 2.38. The van der Waals surface area contributed by atoms with Crippen LogP contribution in [-0.4, -0.2) is 17.1 Å². The summed E-state index contributed by atoms with van der Waals surface area (Å²) in [5.74, 6) is -0.520. The van der Waals surface area contributed by atoms with Gasteiger partial charge in [0.15, 0.2) is 5.75 Å². The first kappa shape index (κ1) is 9.11. The van der Waals surface area contributed by atoms with Crippen molar-refractivity contribution in [3.63, 3.8) is 0 Å². The molecule has 0 atom stereocenters. The first-order chi connectivity index (χ1) is 6.06. The smallest absolute Gasteiger partial charge is 0.316 e. The van der Waals surface area contributed by atoms with Crippen LogP contribution in [0.15, 0.2) is 12.1 Å². The fourth-order valence-corrected chi connectivity index (χ4v) is 0.909. The molecule has 1 aromatic carbocycles. The number of nitro groups is 1. The van der Waals surface area contributed by atoms with Crippen LogP contribution < -0.4 is 10.5 Å². The second kappa shape index (κ2) is 3.18. The Hall–Kier alpha value is -1.98. The number of nitrogen functional groups attached to an aromatic ring is 1. The molecule has 0 aliphatic heterocycles. The van der Waals surface area contributed by atoms with Crippen LogP contribution in [0.25, 0.3) is 0 Å². The van der Waals surface area contributed by atoms with Gasteiger partial charge in [-0.25, -0.2) is 0 Å². The van der Waals surface area contributed by atoms with Crippen molar-refractivity contribution in [1.82, 2.24) is 0 Å². The number of nitrogens with two attached hydrogens (primary N) is 1. The molecule has 0 spiro atoms. The van der Waals surface area contributed by atoms with Crippen LogP contribution in [0, 0.1) is 10.1 Å². The van der Waals surface area contributed by atoms with Crippen molar-refractivity contribution < 1.29 is 14.8 Å². The summed E-state index contributed by atoms with van der Waals surface area (Å²) in [5.41, 5.74) is 5.05. The van der Waals surface area contributed by atoms with Gasteiger partial charge in [-0.2, -0.15) is 0 Å². The van der Waals surface area contributed by atoms with E-state index in [9.17, 15) is 15.2 Å². The normalized spacial score (nSPS) is 9.62. The zero-order valence-corrected chi connectivity index (χ0v) is 6.85. The summed E-state index contributed by atoms with van der Waals surface area (Å²) in [7, 11) is 1.29. The summed E-state index contributed by atoms with van der Waals surface area (Å²) in [6.07, 6.45) is 0. The van der Waals surface area contributed by atoms with E-state index in [4.69, 9.17) is 5.73 Å². The van der Waals surface area contributed by atoms with Crippen molar-refractivity contribution in [1.29, 1.82) is 0 Å². The lowest BCUT2D eigenvalue weighted by molar-refractivity contribution is -0.385. The minimum Gasteiger partial charge on any atom is -0.500 e. The SMILES string of the molecule is COc1cc(N)cc([N+](=O)[O-])c1O. The molecule has 0 aliphatic carbocycles. The lowest BCUT2D eigenvalue weighted by Crippen LogP contribution is -1.94. The van der Waals surface area contributed by atoms with Gasteiger partial charge in [0.1, 0.15) is 0 Å². The highest BCUT2D eigenvalue weighted by molar-refractivity contribution is 5.63. The Kier molecular flexibility index (Phi) is 2.23.